The minimum absolute atomic E-state index is 0.205. The van der Waals surface area contributed by atoms with Crippen molar-refractivity contribution < 1.29 is 4.79 Å². The highest BCUT2D eigenvalue weighted by Crippen LogP contribution is 2.31. The number of likely N-dealkylation sites (tertiary alicyclic amines) is 1. The van der Waals surface area contributed by atoms with Gasteiger partial charge in [0.2, 0.25) is 5.91 Å². The Morgan fingerprint density at radius 3 is 2.35 bits per heavy atom. The van der Waals surface area contributed by atoms with Crippen LogP contribution in [0.4, 0.5) is 0 Å². The maximum Gasteiger partial charge on any atom is 0.225 e. The summed E-state index contributed by atoms with van der Waals surface area (Å²) in [7, 11) is 1.83. The minimum Gasteiger partial charge on any atom is -0.356 e. The lowest BCUT2D eigenvalue weighted by Crippen LogP contribution is -2.50. The van der Waals surface area contributed by atoms with Crippen molar-refractivity contribution in [3.8, 4) is 0 Å². The van der Waals surface area contributed by atoms with Gasteiger partial charge in [-0.05, 0) is 38.0 Å². The van der Waals surface area contributed by atoms with Gasteiger partial charge in [0.05, 0.1) is 0 Å². The number of rotatable bonds is 7. The first kappa shape index (κ1) is 18.1. The minimum atomic E-state index is 0.205. The van der Waals surface area contributed by atoms with Gasteiger partial charge in [0, 0.05) is 38.6 Å². The van der Waals surface area contributed by atoms with Gasteiger partial charge in [-0.15, -0.1) is 0 Å². The number of hydrogen-bond acceptors (Lipinski definition) is 2. The molecule has 1 aliphatic carbocycles. The van der Waals surface area contributed by atoms with Crippen molar-refractivity contribution in [3.63, 3.8) is 0 Å². The van der Waals surface area contributed by atoms with Gasteiger partial charge in [-0.1, -0.05) is 26.7 Å². The summed E-state index contributed by atoms with van der Waals surface area (Å²) >= 11 is 0. The molecule has 0 spiro atoms. The zero-order chi connectivity index (χ0) is 16.7. The van der Waals surface area contributed by atoms with E-state index in [-0.39, 0.29) is 5.92 Å². The molecule has 0 aromatic carbocycles. The summed E-state index contributed by atoms with van der Waals surface area (Å²) in [5, 5.41) is 6.93. The predicted molar refractivity (Wildman–Crippen MR) is 95.5 cm³/mol. The molecule has 0 aromatic rings. The summed E-state index contributed by atoms with van der Waals surface area (Å²) in [4.78, 5) is 18.8. The third-order valence-electron chi connectivity index (χ3n) is 5.25. The Kier molecular flexibility index (Phi) is 7.18. The molecule has 2 fully saturated rings. The molecule has 0 unspecified atom stereocenters. The Morgan fingerprint density at radius 2 is 1.83 bits per heavy atom. The second kappa shape index (κ2) is 9.14. The number of carbonyl (C=O) groups is 1. The zero-order valence-corrected chi connectivity index (χ0v) is 15.1. The van der Waals surface area contributed by atoms with Gasteiger partial charge in [-0.3, -0.25) is 9.79 Å². The summed E-state index contributed by atoms with van der Waals surface area (Å²) in [5.74, 6) is 2.41. The molecule has 23 heavy (non-hydrogen) atoms. The van der Waals surface area contributed by atoms with Crippen molar-refractivity contribution in [1.82, 2.24) is 15.5 Å². The van der Waals surface area contributed by atoms with Gasteiger partial charge in [0.1, 0.15) is 0 Å². The number of nitrogens with zero attached hydrogens (tertiary/aromatic N) is 2. The fraction of sp³-hybridized carbons (Fsp3) is 0.889. The van der Waals surface area contributed by atoms with Crippen LogP contribution in [0.25, 0.3) is 0 Å². The molecule has 0 radical (unpaired) electrons. The van der Waals surface area contributed by atoms with Crippen LogP contribution in [0, 0.1) is 11.8 Å². The lowest BCUT2D eigenvalue weighted by Gasteiger charge is -2.34. The fourth-order valence-corrected chi connectivity index (χ4v) is 3.33. The largest absolute Gasteiger partial charge is 0.356 e. The quantitative estimate of drug-likeness (QED) is 0.559. The maximum absolute atomic E-state index is 12.4. The van der Waals surface area contributed by atoms with Crippen LogP contribution < -0.4 is 10.6 Å². The number of piperidine rings is 1. The topological polar surface area (TPSA) is 56.7 Å². The molecule has 1 aliphatic heterocycles. The van der Waals surface area contributed by atoms with Gasteiger partial charge < -0.3 is 15.5 Å². The van der Waals surface area contributed by atoms with Crippen LogP contribution in [0.1, 0.15) is 58.8 Å². The van der Waals surface area contributed by atoms with Gasteiger partial charge in [0.25, 0.3) is 0 Å². The standard InChI is InChI=1S/C18H34N4O/c1-4-15(5-2)17(23)22-12-9-16(10-13-22)21-18(19-3)20-11-8-14-6-7-14/h14-16H,4-13H2,1-3H3,(H2,19,20,21). The summed E-state index contributed by atoms with van der Waals surface area (Å²) in [6, 6.07) is 0.424. The van der Waals surface area contributed by atoms with Crippen LogP contribution in [0.3, 0.4) is 0 Å². The lowest BCUT2D eigenvalue weighted by molar-refractivity contribution is -0.136. The van der Waals surface area contributed by atoms with Crippen LogP contribution in [-0.2, 0) is 4.79 Å². The number of carbonyl (C=O) groups excluding carboxylic acids is 1. The molecule has 2 rings (SSSR count). The molecule has 0 bridgehead atoms. The van der Waals surface area contributed by atoms with Crippen molar-refractivity contribution in [3.05, 3.63) is 0 Å². The summed E-state index contributed by atoms with van der Waals surface area (Å²) < 4.78 is 0. The fourth-order valence-electron chi connectivity index (χ4n) is 3.33. The predicted octanol–water partition coefficient (Wildman–Crippen LogP) is 2.38. The third-order valence-corrected chi connectivity index (χ3v) is 5.25. The average Bonchev–Trinajstić information content (AvgIpc) is 3.40. The van der Waals surface area contributed by atoms with Gasteiger partial charge in [-0.25, -0.2) is 0 Å². The molecule has 1 heterocycles. The van der Waals surface area contributed by atoms with E-state index in [2.05, 4.69) is 34.4 Å². The van der Waals surface area contributed by atoms with E-state index in [4.69, 9.17) is 0 Å². The Hall–Kier alpha value is -1.26. The number of guanidine groups is 1. The van der Waals surface area contributed by atoms with Gasteiger partial charge >= 0.3 is 0 Å². The summed E-state index contributed by atoms with van der Waals surface area (Å²) in [6.07, 6.45) is 7.97. The highest BCUT2D eigenvalue weighted by molar-refractivity contribution is 5.80. The van der Waals surface area contributed by atoms with Crippen LogP contribution >= 0.6 is 0 Å². The number of hydrogen-bond donors (Lipinski definition) is 2. The summed E-state index contributed by atoms with van der Waals surface area (Å²) in [6.45, 7) is 6.96. The zero-order valence-electron chi connectivity index (χ0n) is 15.1. The maximum atomic E-state index is 12.4. The molecule has 5 heteroatoms. The molecule has 1 saturated heterocycles. The van der Waals surface area contributed by atoms with E-state index >= 15 is 0 Å². The van der Waals surface area contributed by atoms with E-state index in [0.717, 1.165) is 57.2 Å². The van der Waals surface area contributed by atoms with Crippen molar-refractivity contribution >= 4 is 11.9 Å². The first-order valence-corrected chi connectivity index (χ1v) is 9.43. The monoisotopic (exact) mass is 322 g/mol. The average molecular weight is 322 g/mol. The molecule has 0 aromatic heterocycles. The van der Waals surface area contributed by atoms with Gasteiger partial charge in [-0.2, -0.15) is 0 Å². The second-order valence-electron chi connectivity index (χ2n) is 6.99. The number of nitrogens with one attached hydrogen (secondary N) is 2. The molecule has 2 N–H and O–H groups in total. The number of aliphatic imine (C=N–C) groups is 1. The molecule has 2 aliphatic rings. The van der Waals surface area contributed by atoms with Crippen LogP contribution in [0.15, 0.2) is 4.99 Å². The van der Waals surface area contributed by atoms with Gasteiger partial charge in [0.15, 0.2) is 5.96 Å². The van der Waals surface area contributed by atoms with Crippen LogP contribution in [-0.4, -0.2) is 49.5 Å². The highest BCUT2D eigenvalue weighted by Gasteiger charge is 2.27. The molecule has 1 saturated carbocycles. The molecule has 5 nitrogen and oxygen atoms in total. The molecule has 132 valence electrons. The van der Waals surface area contributed by atoms with E-state index < -0.39 is 0 Å². The lowest BCUT2D eigenvalue weighted by atomic mass is 9.98. The first-order chi connectivity index (χ1) is 11.2. The Bertz CT molecular complexity index is 394. The van der Waals surface area contributed by atoms with Crippen LogP contribution in [0.5, 0.6) is 0 Å². The molecule has 0 atom stereocenters. The van der Waals surface area contributed by atoms with Crippen molar-refractivity contribution in [1.29, 1.82) is 0 Å². The third kappa shape index (κ3) is 5.70. The Morgan fingerprint density at radius 1 is 1.17 bits per heavy atom. The molecular weight excluding hydrogens is 288 g/mol. The smallest absolute Gasteiger partial charge is 0.225 e. The Labute approximate surface area is 141 Å². The van der Waals surface area contributed by atoms with Crippen molar-refractivity contribution in [2.24, 2.45) is 16.8 Å². The summed E-state index contributed by atoms with van der Waals surface area (Å²) in [5.41, 5.74) is 0. The van der Waals surface area contributed by atoms with Crippen molar-refractivity contribution in [2.45, 2.75) is 64.8 Å². The Balaban J connectivity index is 1.69. The number of amides is 1. The van der Waals surface area contributed by atoms with E-state index in [9.17, 15) is 4.79 Å². The second-order valence-corrected chi connectivity index (χ2v) is 6.99. The first-order valence-electron chi connectivity index (χ1n) is 9.43. The van der Waals surface area contributed by atoms with E-state index in [1.165, 1.54) is 19.3 Å². The molecular formula is C18H34N4O. The van der Waals surface area contributed by atoms with E-state index in [1.54, 1.807) is 0 Å². The van der Waals surface area contributed by atoms with Crippen molar-refractivity contribution in [2.75, 3.05) is 26.7 Å². The SMILES string of the molecule is CCC(CC)C(=O)N1CCC(NC(=NC)NCCC2CC2)CC1. The van der Waals surface area contributed by atoms with E-state index in [1.807, 2.05) is 7.05 Å². The van der Waals surface area contributed by atoms with E-state index in [0.29, 0.717) is 11.9 Å². The van der Waals surface area contributed by atoms with Crippen LogP contribution in [0.2, 0.25) is 0 Å². The highest BCUT2D eigenvalue weighted by atomic mass is 16.2. The molecule has 1 amide bonds. The normalized spacial score (nSPS) is 20.0.